The smallest absolute Gasteiger partial charge is 0.293 e. The number of benzene rings is 1. The van der Waals surface area contributed by atoms with Gasteiger partial charge in [-0.15, -0.1) is 0 Å². The molecule has 2 rings (SSSR count). The maximum atomic E-state index is 11.0. The second-order valence-corrected chi connectivity index (χ2v) is 4.86. The number of rotatable bonds is 3. The standard InChI is InChI=1S/C13H16N4O2/c14-8-9-1-6-12(13(7-9)17(18)19)16-11-4-2-10(15)3-5-11/h1,6-7,10-11,16H,2-5,15H2/t10-,11-. The van der Waals surface area contributed by atoms with Crippen molar-refractivity contribution in [1.29, 1.82) is 5.26 Å². The minimum Gasteiger partial charge on any atom is -0.377 e. The van der Waals surface area contributed by atoms with Crippen molar-refractivity contribution in [1.82, 2.24) is 0 Å². The Morgan fingerprint density at radius 1 is 1.37 bits per heavy atom. The maximum absolute atomic E-state index is 11.0. The number of anilines is 1. The van der Waals surface area contributed by atoms with Crippen molar-refractivity contribution in [3.63, 3.8) is 0 Å². The van der Waals surface area contributed by atoms with E-state index in [0.717, 1.165) is 25.7 Å². The van der Waals surface area contributed by atoms with Crippen molar-refractivity contribution in [3.05, 3.63) is 33.9 Å². The molecule has 1 aromatic rings. The fourth-order valence-corrected chi connectivity index (χ4v) is 2.36. The van der Waals surface area contributed by atoms with Gasteiger partial charge in [0, 0.05) is 18.2 Å². The SMILES string of the molecule is N#Cc1ccc(N[C@H]2CC[C@H](N)CC2)c([N+](=O)[O-])c1. The number of nitrogens with two attached hydrogens (primary N) is 1. The first kappa shape index (κ1) is 13.3. The zero-order chi connectivity index (χ0) is 13.8. The summed E-state index contributed by atoms with van der Waals surface area (Å²) < 4.78 is 0. The van der Waals surface area contributed by atoms with Crippen molar-refractivity contribution < 1.29 is 4.92 Å². The number of nitro benzene ring substituents is 1. The van der Waals surface area contributed by atoms with Crippen LogP contribution in [0.1, 0.15) is 31.2 Å². The van der Waals surface area contributed by atoms with Gasteiger partial charge in [-0.1, -0.05) is 0 Å². The van der Waals surface area contributed by atoms with E-state index in [2.05, 4.69) is 5.32 Å². The topological polar surface area (TPSA) is 105 Å². The number of nitrogens with zero attached hydrogens (tertiary/aromatic N) is 2. The van der Waals surface area contributed by atoms with E-state index in [-0.39, 0.29) is 17.8 Å². The lowest BCUT2D eigenvalue weighted by atomic mass is 9.91. The molecule has 0 aromatic heterocycles. The van der Waals surface area contributed by atoms with Gasteiger partial charge in [0.05, 0.1) is 16.6 Å². The van der Waals surface area contributed by atoms with Crippen molar-refractivity contribution in [3.8, 4) is 6.07 Å². The molecule has 0 atom stereocenters. The molecule has 1 fully saturated rings. The summed E-state index contributed by atoms with van der Waals surface area (Å²) in [5.74, 6) is 0. The lowest BCUT2D eigenvalue weighted by Gasteiger charge is -2.27. The minimum atomic E-state index is -0.461. The first-order chi connectivity index (χ1) is 9.10. The van der Waals surface area contributed by atoms with Crippen molar-refractivity contribution in [2.75, 3.05) is 5.32 Å². The fraction of sp³-hybridized carbons (Fsp3) is 0.462. The number of nitriles is 1. The van der Waals surface area contributed by atoms with Crippen LogP contribution >= 0.6 is 0 Å². The van der Waals surface area contributed by atoms with Gasteiger partial charge in [0.1, 0.15) is 5.69 Å². The van der Waals surface area contributed by atoms with Crippen LogP contribution in [0, 0.1) is 21.4 Å². The summed E-state index contributed by atoms with van der Waals surface area (Å²) in [6, 6.07) is 6.86. The second kappa shape index (κ2) is 5.67. The average molecular weight is 260 g/mol. The number of hydrogen-bond donors (Lipinski definition) is 2. The third-order valence-corrected chi connectivity index (χ3v) is 3.45. The molecule has 1 aliphatic rings. The average Bonchev–Trinajstić information content (AvgIpc) is 2.41. The summed E-state index contributed by atoms with van der Waals surface area (Å²) in [4.78, 5) is 10.6. The first-order valence-electron chi connectivity index (χ1n) is 6.31. The van der Waals surface area contributed by atoms with Crippen molar-refractivity contribution in [2.45, 2.75) is 37.8 Å². The molecule has 0 unspecified atom stereocenters. The molecule has 0 bridgehead atoms. The summed E-state index contributed by atoms with van der Waals surface area (Å²) in [5.41, 5.74) is 6.56. The van der Waals surface area contributed by atoms with Gasteiger partial charge in [0.2, 0.25) is 0 Å². The highest BCUT2D eigenvalue weighted by atomic mass is 16.6. The third-order valence-electron chi connectivity index (χ3n) is 3.45. The number of nitro groups is 1. The molecule has 1 aromatic carbocycles. The molecule has 1 saturated carbocycles. The van der Waals surface area contributed by atoms with Crippen LogP contribution in [-0.4, -0.2) is 17.0 Å². The summed E-state index contributed by atoms with van der Waals surface area (Å²) in [5, 5.41) is 23.0. The lowest BCUT2D eigenvalue weighted by molar-refractivity contribution is -0.384. The van der Waals surface area contributed by atoms with Crippen molar-refractivity contribution in [2.24, 2.45) is 5.73 Å². The van der Waals surface area contributed by atoms with E-state index in [0.29, 0.717) is 11.3 Å². The molecule has 0 aliphatic heterocycles. The summed E-state index contributed by atoms with van der Waals surface area (Å²) in [7, 11) is 0. The molecule has 3 N–H and O–H groups in total. The molecule has 19 heavy (non-hydrogen) atoms. The molecule has 0 heterocycles. The van der Waals surface area contributed by atoms with E-state index in [1.807, 2.05) is 6.07 Å². The van der Waals surface area contributed by atoms with Gasteiger partial charge in [-0.2, -0.15) is 5.26 Å². The molecular weight excluding hydrogens is 244 g/mol. The normalized spacial score (nSPS) is 22.5. The maximum Gasteiger partial charge on any atom is 0.293 e. The van der Waals surface area contributed by atoms with Crippen LogP contribution in [0.25, 0.3) is 0 Å². The fourth-order valence-electron chi connectivity index (χ4n) is 2.36. The predicted molar refractivity (Wildman–Crippen MR) is 71.7 cm³/mol. The van der Waals surface area contributed by atoms with E-state index >= 15 is 0 Å². The van der Waals surface area contributed by atoms with Crippen LogP contribution < -0.4 is 11.1 Å². The van der Waals surface area contributed by atoms with E-state index < -0.39 is 4.92 Å². The van der Waals surface area contributed by atoms with Gasteiger partial charge in [0.25, 0.3) is 5.69 Å². The van der Waals surface area contributed by atoms with Crippen LogP contribution in [0.2, 0.25) is 0 Å². The highest BCUT2D eigenvalue weighted by Crippen LogP contribution is 2.29. The zero-order valence-corrected chi connectivity index (χ0v) is 10.5. The predicted octanol–water partition coefficient (Wildman–Crippen LogP) is 2.15. The van der Waals surface area contributed by atoms with Crippen LogP contribution in [-0.2, 0) is 0 Å². The number of nitrogens with one attached hydrogen (secondary N) is 1. The Kier molecular flexibility index (Phi) is 3.97. The highest BCUT2D eigenvalue weighted by Gasteiger charge is 2.22. The lowest BCUT2D eigenvalue weighted by Crippen LogP contribution is -2.32. The van der Waals surface area contributed by atoms with Crippen LogP contribution in [0.15, 0.2) is 18.2 Å². The Hall–Kier alpha value is -2.13. The summed E-state index contributed by atoms with van der Waals surface area (Å²) >= 11 is 0. The van der Waals surface area contributed by atoms with Crippen LogP contribution in [0.5, 0.6) is 0 Å². The van der Waals surface area contributed by atoms with Gasteiger partial charge in [-0.05, 0) is 37.8 Å². The van der Waals surface area contributed by atoms with E-state index in [9.17, 15) is 10.1 Å². The van der Waals surface area contributed by atoms with Gasteiger partial charge >= 0.3 is 0 Å². The molecule has 0 radical (unpaired) electrons. The van der Waals surface area contributed by atoms with Gasteiger partial charge in [-0.3, -0.25) is 10.1 Å². The van der Waals surface area contributed by atoms with Crippen LogP contribution in [0.4, 0.5) is 11.4 Å². The largest absolute Gasteiger partial charge is 0.377 e. The molecule has 0 saturated heterocycles. The Labute approximate surface area is 111 Å². The first-order valence-corrected chi connectivity index (χ1v) is 6.31. The van der Waals surface area contributed by atoms with Crippen molar-refractivity contribution >= 4 is 11.4 Å². The van der Waals surface area contributed by atoms with E-state index in [1.54, 1.807) is 12.1 Å². The molecular formula is C13H16N4O2. The Morgan fingerprint density at radius 2 is 2.05 bits per heavy atom. The molecule has 100 valence electrons. The zero-order valence-electron chi connectivity index (χ0n) is 10.5. The monoisotopic (exact) mass is 260 g/mol. The Bertz CT molecular complexity index is 516. The molecule has 0 amide bonds. The number of hydrogen-bond acceptors (Lipinski definition) is 5. The second-order valence-electron chi connectivity index (χ2n) is 4.86. The quantitative estimate of drug-likeness (QED) is 0.640. The molecule has 6 heteroatoms. The van der Waals surface area contributed by atoms with E-state index in [1.165, 1.54) is 6.07 Å². The Balaban J connectivity index is 2.16. The van der Waals surface area contributed by atoms with E-state index in [4.69, 9.17) is 11.0 Å². The Morgan fingerprint density at radius 3 is 2.63 bits per heavy atom. The molecule has 1 aliphatic carbocycles. The minimum absolute atomic E-state index is 0.0473. The van der Waals surface area contributed by atoms with Gasteiger partial charge < -0.3 is 11.1 Å². The molecule has 6 nitrogen and oxygen atoms in total. The van der Waals surface area contributed by atoms with Gasteiger partial charge in [0.15, 0.2) is 0 Å². The highest BCUT2D eigenvalue weighted by molar-refractivity contribution is 5.64. The van der Waals surface area contributed by atoms with Gasteiger partial charge in [-0.25, -0.2) is 0 Å². The summed E-state index contributed by atoms with van der Waals surface area (Å²) in [6.45, 7) is 0. The molecule has 0 spiro atoms. The summed E-state index contributed by atoms with van der Waals surface area (Å²) in [6.07, 6.45) is 3.69. The third kappa shape index (κ3) is 3.20. The van der Waals surface area contributed by atoms with Crippen LogP contribution in [0.3, 0.4) is 0 Å².